The lowest BCUT2D eigenvalue weighted by molar-refractivity contribution is 0.724. The molecule has 1 aromatic rings. The third-order valence-corrected chi connectivity index (χ3v) is 2.78. The highest BCUT2D eigenvalue weighted by atomic mass is 14.1. The fourth-order valence-corrected chi connectivity index (χ4v) is 1.51. The fraction of sp³-hybridized carbons (Fsp3) is 0.353. The standard InChI is InChI=1S/C9H10.C8H13/c1-3-9-6-4-8(2)5-7-9;1-2-3-4-5-8-6-7-8/h3-7H,1H2,2H3;6-7H,2-5H2,1H3. The van der Waals surface area contributed by atoms with Crippen LogP contribution in [0.15, 0.2) is 42.5 Å². The van der Waals surface area contributed by atoms with Gasteiger partial charge in [0.15, 0.2) is 0 Å². The van der Waals surface area contributed by atoms with E-state index >= 15 is 0 Å². The van der Waals surface area contributed by atoms with E-state index in [-0.39, 0.29) is 0 Å². The minimum atomic E-state index is 1.18. The molecule has 0 N–H and O–H groups in total. The van der Waals surface area contributed by atoms with Crippen LogP contribution in [0.25, 0.3) is 6.08 Å². The Kier molecular flexibility index (Phi) is 6.39. The highest BCUT2D eigenvalue weighted by Crippen LogP contribution is 2.22. The van der Waals surface area contributed by atoms with Crippen molar-refractivity contribution < 1.29 is 0 Å². The van der Waals surface area contributed by atoms with E-state index in [9.17, 15) is 0 Å². The first kappa shape index (κ1) is 13.8. The van der Waals surface area contributed by atoms with Gasteiger partial charge in [-0.15, -0.1) is 0 Å². The van der Waals surface area contributed by atoms with Crippen LogP contribution in [0.3, 0.4) is 0 Å². The smallest absolute Gasteiger partial charge is 0.00802 e. The average Bonchev–Trinajstić information content (AvgIpc) is 3.15. The van der Waals surface area contributed by atoms with Gasteiger partial charge in [-0.1, -0.05) is 73.9 Å². The molecule has 91 valence electrons. The Labute approximate surface area is 106 Å². The van der Waals surface area contributed by atoms with Gasteiger partial charge in [-0.25, -0.2) is 0 Å². The highest BCUT2D eigenvalue weighted by Gasteiger charge is 2.04. The molecule has 1 radical (unpaired) electrons. The third kappa shape index (κ3) is 6.78. The number of aryl methyl sites for hydroxylation is 1. The average molecular weight is 227 g/mol. The normalized spacial score (nSPS) is 12.2. The number of hydrogen-bond acceptors (Lipinski definition) is 0. The van der Waals surface area contributed by atoms with E-state index in [1.54, 1.807) is 5.57 Å². The second kappa shape index (κ2) is 7.89. The maximum absolute atomic E-state index is 3.66. The van der Waals surface area contributed by atoms with E-state index in [2.05, 4.69) is 57.2 Å². The number of unbranched alkanes of at least 4 members (excludes halogenated alkanes) is 2. The summed E-state index contributed by atoms with van der Waals surface area (Å²) in [6, 6.07) is 8.28. The summed E-state index contributed by atoms with van der Waals surface area (Å²) in [7, 11) is 0. The molecule has 1 aromatic carbocycles. The lowest BCUT2D eigenvalue weighted by Crippen LogP contribution is -1.71. The summed E-state index contributed by atoms with van der Waals surface area (Å²) in [6.07, 6.45) is 11.7. The molecule has 0 saturated heterocycles. The third-order valence-electron chi connectivity index (χ3n) is 2.78. The molecule has 2 rings (SSSR count). The summed E-state index contributed by atoms with van der Waals surface area (Å²) in [5.41, 5.74) is 4.04. The van der Waals surface area contributed by atoms with Crippen LogP contribution in [0.4, 0.5) is 0 Å². The molecule has 0 nitrogen and oxygen atoms in total. The molecule has 0 atom stereocenters. The predicted octanol–water partition coefficient (Wildman–Crippen LogP) is 5.35. The van der Waals surface area contributed by atoms with Crippen LogP contribution >= 0.6 is 0 Å². The minimum Gasteiger partial charge on any atom is -0.0985 e. The summed E-state index contributed by atoms with van der Waals surface area (Å²) >= 11 is 0. The van der Waals surface area contributed by atoms with Gasteiger partial charge in [0.25, 0.3) is 0 Å². The van der Waals surface area contributed by atoms with Crippen molar-refractivity contribution in [1.29, 1.82) is 0 Å². The van der Waals surface area contributed by atoms with Gasteiger partial charge in [-0.2, -0.15) is 0 Å². The quantitative estimate of drug-likeness (QED) is 0.595. The van der Waals surface area contributed by atoms with Crippen molar-refractivity contribution in [1.82, 2.24) is 0 Å². The monoisotopic (exact) mass is 227 g/mol. The van der Waals surface area contributed by atoms with Crippen LogP contribution in [-0.2, 0) is 0 Å². The Morgan fingerprint density at radius 1 is 1.12 bits per heavy atom. The van der Waals surface area contributed by atoms with Gasteiger partial charge < -0.3 is 0 Å². The molecule has 0 amide bonds. The van der Waals surface area contributed by atoms with Gasteiger partial charge in [0.2, 0.25) is 0 Å². The molecule has 0 bridgehead atoms. The zero-order valence-corrected chi connectivity index (χ0v) is 11.1. The van der Waals surface area contributed by atoms with Crippen molar-refractivity contribution in [2.24, 2.45) is 0 Å². The van der Waals surface area contributed by atoms with Crippen molar-refractivity contribution in [2.45, 2.75) is 39.5 Å². The summed E-state index contributed by atoms with van der Waals surface area (Å²) in [5.74, 6) is 0. The Morgan fingerprint density at radius 3 is 2.24 bits per heavy atom. The van der Waals surface area contributed by atoms with Crippen molar-refractivity contribution in [2.75, 3.05) is 0 Å². The maximum atomic E-state index is 3.66. The second-order valence-electron chi connectivity index (χ2n) is 4.48. The SMILES string of the molecule is C=Cc1ccc(C)cc1.CCCCCC1=C[CH]1. The molecule has 0 spiro atoms. The van der Waals surface area contributed by atoms with E-state index in [1.165, 1.54) is 36.8 Å². The molecule has 0 heterocycles. The van der Waals surface area contributed by atoms with Gasteiger partial charge in [0, 0.05) is 6.42 Å². The van der Waals surface area contributed by atoms with Gasteiger partial charge >= 0.3 is 0 Å². The van der Waals surface area contributed by atoms with Gasteiger partial charge in [-0.05, 0) is 25.3 Å². The Morgan fingerprint density at radius 2 is 1.76 bits per heavy atom. The zero-order valence-electron chi connectivity index (χ0n) is 11.1. The van der Waals surface area contributed by atoms with Crippen molar-refractivity contribution in [3.63, 3.8) is 0 Å². The summed E-state index contributed by atoms with van der Waals surface area (Å²) in [4.78, 5) is 0. The predicted molar refractivity (Wildman–Crippen MR) is 77.8 cm³/mol. The molecule has 1 aliphatic carbocycles. The first-order valence-electron chi connectivity index (χ1n) is 6.49. The first-order valence-corrected chi connectivity index (χ1v) is 6.49. The molecule has 0 unspecified atom stereocenters. The molecule has 0 saturated carbocycles. The fourth-order valence-electron chi connectivity index (χ4n) is 1.51. The van der Waals surface area contributed by atoms with Gasteiger partial charge in [0.1, 0.15) is 0 Å². The number of allylic oxidation sites excluding steroid dienone is 2. The summed E-state index contributed by atoms with van der Waals surface area (Å²) < 4.78 is 0. The van der Waals surface area contributed by atoms with Gasteiger partial charge in [0.05, 0.1) is 0 Å². The first-order chi connectivity index (χ1) is 8.26. The van der Waals surface area contributed by atoms with Crippen molar-refractivity contribution >= 4 is 6.08 Å². The summed E-state index contributed by atoms with van der Waals surface area (Å²) in [6.45, 7) is 7.98. The van der Waals surface area contributed by atoms with E-state index in [0.29, 0.717) is 0 Å². The Hall–Kier alpha value is -1.30. The molecule has 0 aromatic heterocycles. The second-order valence-corrected chi connectivity index (χ2v) is 4.48. The van der Waals surface area contributed by atoms with Crippen LogP contribution < -0.4 is 0 Å². The van der Waals surface area contributed by atoms with Crippen LogP contribution in [0.5, 0.6) is 0 Å². The van der Waals surface area contributed by atoms with Crippen LogP contribution in [0.2, 0.25) is 0 Å². The molecule has 0 fully saturated rings. The Bertz CT molecular complexity index is 354. The number of hydrogen-bond donors (Lipinski definition) is 0. The molecular weight excluding hydrogens is 204 g/mol. The lowest BCUT2D eigenvalue weighted by Gasteiger charge is -1.91. The van der Waals surface area contributed by atoms with E-state index in [4.69, 9.17) is 0 Å². The summed E-state index contributed by atoms with van der Waals surface area (Å²) in [5, 5.41) is 0. The minimum absolute atomic E-state index is 1.18. The molecule has 0 heteroatoms. The van der Waals surface area contributed by atoms with E-state index in [0.717, 1.165) is 0 Å². The van der Waals surface area contributed by atoms with Crippen LogP contribution in [0, 0.1) is 13.3 Å². The van der Waals surface area contributed by atoms with E-state index < -0.39 is 0 Å². The van der Waals surface area contributed by atoms with Crippen LogP contribution in [0.1, 0.15) is 43.7 Å². The van der Waals surface area contributed by atoms with E-state index in [1.807, 2.05) is 6.08 Å². The number of rotatable bonds is 5. The topological polar surface area (TPSA) is 0 Å². The number of benzene rings is 1. The lowest BCUT2D eigenvalue weighted by atomic mass is 10.2. The van der Waals surface area contributed by atoms with Crippen LogP contribution in [-0.4, -0.2) is 0 Å². The Balaban J connectivity index is 0.000000171. The van der Waals surface area contributed by atoms with Gasteiger partial charge in [-0.3, -0.25) is 0 Å². The molecule has 1 aliphatic rings. The van der Waals surface area contributed by atoms with Crippen molar-refractivity contribution in [3.05, 3.63) is 60.0 Å². The largest absolute Gasteiger partial charge is 0.0985 e. The zero-order chi connectivity index (χ0) is 12.5. The maximum Gasteiger partial charge on any atom is 0.00802 e. The molecular formula is C17H23. The molecule has 17 heavy (non-hydrogen) atoms. The molecule has 0 aliphatic heterocycles. The van der Waals surface area contributed by atoms with Crippen molar-refractivity contribution in [3.8, 4) is 0 Å². The highest BCUT2D eigenvalue weighted by molar-refractivity contribution is 5.46.